The van der Waals surface area contributed by atoms with Gasteiger partial charge in [-0.3, -0.25) is 0 Å². The van der Waals surface area contributed by atoms with Crippen LogP contribution in [0.4, 0.5) is 4.39 Å². The Labute approximate surface area is 90.5 Å². The van der Waals surface area contributed by atoms with E-state index in [1.807, 2.05) is 35.6 Å². The summed E-state index contributed by atoms with van der Waals surface area (Å²) in [5.41, 5.74) is 0.873. The van der Waals surface area contributed by atoms with Gasteiger partial charge in [0.25, 0.3) is 0 Å². The van der Waals surface area contributed by atoms with Crippen LogP contribution in [0.1, 0.15) is 12.5 Å². The molecule has 0 saturated carbocycles. The number of carbonyl (C=O) groups excluding carboxylic acids is 1. The number of halogens is 2. The van der Waals surface area contributed by atoms with Crippen molar-refractivity contribution < 1.29 is 9.18 Å². The molecule has 0 aromatic heterocycles. The van der Waals surface area contributed by atoms with Crippen molar-refractivity contribution in [3.8, 4) is 0 Å². The maximum atomic E-state index is 13.0. The second-order valence-electron chi connectivity index (χ2n) is 3.07. The maximum absolute atomic E-state index is 13.0. The summed E-state index contributed by atoms with van der Waals surface area (Å²) in [6, 6.07) is 5.06. The van der Waals surface area contributed by atoms with Gasteiger partial charge >= 0.3 is 0 Å². The van der Waals surface area contributed by atoms with Crippen LogP contribution in [-0.2, 0) is 11.2 Å². The minimum absolute atomic E-state index is 0.0422. The molecule has 1 rings (SSSR count). The zero-order valence-corrected chi connectivity index (χ0v) is 9.42. The van der Waals surface area contributed by atoms with Gasteiger partial charge in [-0.1, -0.05) is 13.0 Å². The van der Waals surface area contributed by atoms with Gasteiger partial charge in [0.05, 0.1) is 0 Å². The van der Waals surface area contributed by atoms with Gasteiger partial charge in [0, 0.05) is 9.49 Å². The Balaban J connectivity index is 2.79. The number of hydrogen-bond donors (Lipinski definition) is 0. The van der Waals surface area contributed by atoms with Crippen LogP contribution < -0.4 is 0 Å². The molecule has 1 unspecified atom stereocenters. The molecule has 70 valence electrons. The molecular weight excluding hydrogens is 282 g/mol. The van der Waals surface area contributed by atoms with Gasteiger partial charge < -0.3 is 4.79 Å². The summed E-state index contributed by atoms with van der Waals surface area (Å²) in [7, 11) is 0. The first-order valence-electron chi connectivity index (χ1n) is 4.02. The van der Waals surface area contributed by atoms with Crippen LogP contribution in [0.3, 0.4) is 0 Å². The fraction of sp³-hybridized carbons (Fsp3) is 0.300. The molecule has 0 aliphatic rings. The molecule has 1 nitrogen and oxygen atoms in total. The molecule has 13 heavy (non-hydrogen) atoms. The fourth-order valence-electron chi connectivity index (χ4n) is 1.09. The van der Waals surface area contributed by atoms with Gasteiger partial charge in [0.2, 0.25) is 0 Å². The summed E-state index contributed by atoms with van der Waals surface area (Å²) in [6.45, 7) is 1.82. The minimum Gasteiger partial charge on any atom is -0.303 e. The van der Waals surface area contributed by atoms with Gasteiger partial charge in [0.1, 0.15) is 12.1 Å². The van der Waals surface area contributed by atoms with E-state index in [2.05, 4.69) is 0 Å². The highest BCUT2D eigenvalue weighted by atomic mass is 127. The van der Waals surface area contributed by atoms with E-state index in [9.17, 15) is 9.18 Å². The van der Waals surface area contributed by atoms with Crippen LogP contribution >= 0.6 is 22.6 Å². The summed E-state index contributed by atoms with van der Waals surface area (Å²) in [5.74, 6) is -0.254. The van der Waals surface area contributed by atoms with Crippen molar-refractivity contribution in [2.75, 3.05) is 0 Å². The minimum atomic E-state index is -0.212. The van der Waals surface area contributed by atoms with E-state index < -0.39 is 0 Å². The van der Waals surface area contributed by atoms with Crippen LogP contribution in [-0.4, -0.2) is 6.29 Å². The lowest BCUT2D eigenvalue weighted by atomic mass is 10.0. The molecule has 1 aromatic carbocycles. The first-order chi connectivity index (χ1) is 6.13. The maximum Gasteiger partial charge on any atom is 0.136 e. The van der Waals surface area contributed by atoms with Crippen LogP contribution in [0.5, 0.6) is 0 Å². The summed E-state index contributed by atoms with van der Waals surface area (Å²) < 4.78 is 13.6. The van der Waals surface area contributed by atoms with Gasteiger partial charge in [0.15, 0.2) is 0 Å². The third-order valence-electron chi connectivity index (χ3n) is 1.77. The van der Waals surface area contributed by atoms with Crippen molar-refractivity contribution in [1.82, 2.24) is 0 Å². The lowest BCUT2D eigenvalue weighted by Gasteiger charge is -2.04. The normalized spacial score (nSPS) is 12.5. The molecule has 0 spiro atoms. The third-order valence-corrected chi connectivity index (χ3v) is 2.65. The van der Waals surface area contributed by atoms with Crippen molar-refractivity contribution in [2.24, 2.45) is 5.92 Å². The van der Waals surface area contributed by atoms with E-state index in [1.165, 1.54) is 6.07 Å². The van der Waals surface area contributed by atoms with Crippen LogP contribution in [0.15, 0.2) is 18.2 Å². The molecule has 0 aliphatic carbocycles. The quantitative estimate of drug-likeness (QED) is 0.618. The highest BCUT2D eigenvalue weighted by Crippen LogP contribution is 2.14. The van der Waals surface area contributed by atoms with Gasteiger partial charge in [-0.15, -0.1) is 0 Å². The monoisotopic (exact) mass is 292 g/mol. The van der Waals surface area contributed by atoms with Crippen LogP contribution in [0.25, 0.3) is 0 Å². The summed E-state index contributed by atoms with van der Waals surface area (Å²) in [6.07, 6.45) is 1.49. The first kappa shape index (κ1) is 10.6. The van der Waals surface area contributed by atoms with Gasteiger partial charge in [-0.2, -0.15) is 0 Å². The molecule has 0 amide bonds. The molecule has 0 aliphatic heterocycles. The highest BCUT2D eigenvalue weighted by molar-refractivity contribution is 14.1. The number of rotatable bonds is 3. The van der Waals surface area contributed by atoms with Crippen molar-refractivity contribution in [2.45, 2.75) is 13.3 Å². The lowest BCUT2D eigenvalue weighted by Crippen LogP contribution is -2.01. The molecular formula is C10H10FIO. The summed E-state index contributed by atoms with van der Waals surface area (Å²) in [4.78, 5) is 10.4. The molecule has 0 fully saturated rings. The SMILES string of the molecule is CC(C=O)Cc1ccc(I)c(F)c1. The Kier molecular flexibility index (Phi) is 3.84. The smallest absolute Gasteiger partial charge is 0.136 e. The van der Waals surface area contributed by atoms with Crippen molar-refractivity contribution in [1.29, 1.82) is 0 Å². The van der Waals surface area contributed by atoms with Crippen molar-refractivity contribution in [3.63, 3.8) is 0 Å². The Morgan fingerprint density at radius 3 is 2.85 bits per heavy atom. The number of hydrogen-bond acceptors (Lipinski definition) is 1. The van der Waals surface area contributed by atoms with Crippen LogP contribution in [0.2, 0.25) is 0 Å². The average Bonchev–Trinajstić information content (AvgIpc) is 2.11. The lowest BCUT2D eigenvalue weighted by molar-refractivity contribution is -0.110. The second-order valence-corrected chi connectivity index (χ2v) is 4.23. The van der Waals surface area contributed by atoms with E-state index >= 15 is 0 Å². The number of benzene rings is 1. The van der Waals surface area contributed by atoms with E-state index in [4.69, 9.17) is 0 Å². The fourth-order valence-corrected chi connectivity index (χ4v) is 1.42. The van der Waals surface area contributed by atoms with Crippen molar-refractivity contribution >= 4 is 28.9 Å². The topological polar surface area (TPSA) is 17.1 Å². The second kappa shape index (κ2) is 4.69. The average molecular weight is 292 g/mol. The molecule has 0 saturated heterocycles. The van der Waals surface area contributed by atoms with Crippen molar-refractivity contribution in [3.05, 3.63) is 33.1 Å². The Bertz CT molecular complexity index is 312. The Morgan fingerprint density at radius 1 is 1.62 bits per heavy atom. The molecule has 1 atom stereocenters. The van der Waals surface area contributed by atoms with Gasteiger partial charge in [-0.25, -0.2) is 4.39 Å². The molecule has 0 N–H and O–H groups in total. The molecule has 3 heteroatoms. The molecule has 1 aromatic rings. The Morgan fingerprint density at radius 2 is 2.31 bits per heavy atom. The molecule has 0 heterocycles. The zero-order valence-electron chi connectivity index (χ0n) is 7.26. The largest absolute Gasteiger partial charge is 0.303 e. The zero-order chi connectivity index (χ0) is 9.84. The predicted octanol–water partition coefficient (Wildman–Crippen LogP) is 2.81. The predicted molar refractivity (Wildman–Crippen MR) is 58.0 cm³/mol. The summed E-state index contributed by atoms with van der Waals surface area (Å²) in [5, 5.41) is 0. The van der Waals surface area contributed by atoms with E-state index in [-0.39, 0.29) is 11.7 Å². The number of carbonyl (C=O) groups is 1. The van der Waals surface area contributed by atoms with E-state index in [1.54, 1.807) is 6.07 Å². The van der Waals surface area contributed by atoms with Gasteiger partial charge in [-0.05, 0) is 46.7 Å². The van der Waals surface area contributed by atoms with Crippen LogP contribution in [0, 0.1) is 15.3 Å². The standard InChI is InChI=1S/C10H10FIO/c1-7(6-13)4-8-2-3-10(12)9(11)5-8/h2-3,5-7H,4H2,1H3. The third kappa shape index (κ3) is 3.06. The van der Waals surface area contributed by atoms with E-state index in [0.717, 1.165) is 11.8 Å². The Hall–Kier alpha value is -0.450. The highest BCUT2D eigenvalue weighted by Gasteiger charge is 2.04. The first-order valence-corrected chi connectivity index (χ1v) is 5.10. The molecule has 0 radical (unpaired) electrons. The van der Waals surface area contributed by atoms with E-state index in [0.29, 0.717) is 9.99 Å². The molecule has 0 bridgehead atoms. The number of aldehydes is 1. The summed E-state index contributed by atoms with van der Waals surface area (Å²) >= 11 is 1.94.